The average molecular weight is 223 g/mol. The Morgan fingerprint density at radius 3 is 2.67 bits per heavy atom. The lowest BCUT2D eigenvalue weighted by atomic mass is 10.3. The minimum absolute atomic E-state index is 0.246. The van der Waals surface area contributed by atoms with E-state index >= 15 is 0 Å². The van der Waals surface area contributed by atoms with Gasteiger partial charge in [-0.1, -0.05) is 0 Å². The number of carbonyl (C=O) groups is 1. The van der Waals surface area contributed by atoms with Crippen molar-refractivity contribution in [3.63, 3.8) is 0 Å². The Labute approximate surface area is 88.8 Å². The van der Waals surface area contributed by atoms with E-state index < -0.39 is 11.8 Å². The van der Waals surface area contributed by atoms with E-state index in [1.54, 1.807) is 6.07 Å². The summed E-state index contributed by atoms with van der Waals surface area (Å²) in [4.78, 5) is 15.5. The molecule has 15 heavy (non-hydrogen) atoms. The molecule has 0 aromatic carbocycles. The molecule has 0 atom stereocenters. The van der Waals surface area contributed by atoms with Gasteiger partial charge in [0.25, 0.3) is 0 Å². The lowest BCUT2D eigenvalue weighted by Crippen LogP contribution is -1.89. The normalized spacial score (nSPS) is 10.2. The Hall–Kier alpha value is -1.75. The number of thiophene rings is 1. The summed E-state index contributed by atoms with van der Waals surface area (Å²) < 4.78 is 12.6. The molecule has 0 fully saturated rings. The van der Waals surface area contributed by atoms with Crippen molar-refractivity contribution in [3.05, 3.63) is 41.2 Å². The molecule has 0 unspecified atom stereocenters. The summed E-state index contributed by atoms with van der Waals surface area (Å²) in [6.45, 7) is 0. The van der Waals surface area contributed by atoms with E-state index in [1.165, 1.54) is 18.2 Å². The van der Waals surface area contributed by atoms with E-state index in [9.17, 15) is 9.18 Å². The summed E-state index contributed by atoms with van der Waals surface area (Å²) in [6.07, 6.45) is 1.11. The van der Waals surface area contributed by atoms with Crippen LogP contribution in [0.25, 0.3) is 10.6 Å². The molecule has 1 N–H and O–H groups in total. The van der Waals surface area contributed by atoms with Gasteiger partial charge in [0.15, 0.2) is 0 Å². The van der Waals surface area contributed by atoms with Crippen LogP contribution in [-0.4, -0.2) is 16.1 Å². The molecule has 0 aliphatic heterocycles. The minimum Gasteiger partial charge on any atom is -0.477 e. The highest BCUT2D eigenvalue weighted by Crippen LogP contribution is 2.26. The predicted molar refractivity (Wildman–Crippen MR) is 54.5 cm³/mol. The molecule has 2 heterocycles. The maximum absolute atomic E-state index is 12.6. The van der Waals surface area contributed by atoms with Crippen LogP contribution >= 0.6 is 11.3 Å². The lowest BCUT2D eigenvalue weighted by Gasteiger charge is -1.94. The molecule has 0 aliphatic rings. The number of halogens is 1. The number of carboxylic acid groups (broad SMARTS) is 1. The Bertz CT molecular complexity index is 492. The van der Waals surface area contributed by atoms with Gasteiger partial charge in [-0.3, -0.25) is 4.98 Å². The van der Waals surface area contributed by atoms with Crippen LogP contribution in [0.4, 0.5) is 4.39 Å². The largest absolute Gasteiger partial charge is 0.477 e. The highest BCUT2D eigenvalue weighted by molar-refractivity contribution is 7.17. The van der Waals surface area contributed by atoms with Crippen molar-refractivity contribution in [2.45, 2.75) is 0 Å². The third-order valence-corrected chi connectivity index (χ3v) is 2.89. The van der Waals surface area contributed by atoms with Gasteiger partial charge in [-0.25, -0.2) is 9.18 Å². The standard InChI is InChI=1S/C10H6FNO2S/c11-6-1-2-7(12-5-6)8-3-4-9(15-8)10(13)14/h1-5H,(H,13,14). The molecule has 0 aliphatic carbocycles. The molecule has 0 amide bonds. The van der Waals surface area contributed by atoms with Crippen LogP contribution in [0.5, 0.6) is 0 Å². The van der Waals surface area contributed by atoms with Crippen LogP contribution < -0.4 is 0 Å². The van der Waals surface area contributed by atoms with Crippen molar-refractivity contribution in [1.29, 1.82) is 0 Å². The highest BCUT2D eigenvalue weighted by Gasteiger charge is 2.08. The quantitative estimate of drug-likeness (QED) is 0.851. The Balaban J connectivity index is 2.37. The molecule has 2 rings (SSSR count). The monoisotopic (exact) mass is 223 g/mol. The molecule has 3 nitrogen and oxygen atoms in total. The topological polar surface area (TPSA) is 50.2 Å². The van der Waals surface area contributed by atoms with E-state index in [-0.39, 0.29) is 4.88 Å². The molecule has 2 aromatic heterocycles. The number of carboxylic acids is 1. The molecular formula is C10H6FNO2S. The number of aromatic carboxylic acids is 1. The average Bonchev–Trinajstić information content (AvgIpc) is 2.68. The summed E-state index contributed by atoms with van der Waals surface area (Å²) in [5, 5.41) is 8.72. The van der Waals surface area contributed by atoms with Crippen LogP contribution in [0.15, 0.2) is 30.5 Å². The molecule has 0 bridgehead atoms. The summed E-state index contributed by atoms with van der Waals surface area (Å²) in [7, 11) is 0. The van der Waals surface area contributed by atoms with Gasteiger partial charge in [0.2, 0.25) is 0 Å². The SMILES string of the molecule is O=C(O)c1ccc(-c2ccc(F)cn2)s1. The van der Waals surface area contributed by atoms with Gasteiger partial charge in [0, 0.05) is 0 Å². The molecular weight excluding hydrogens is 217 g/mol. The summed E-state index contributed by atoms with van der Waals surface area (Å²) in [6, 6.07) is 5.98. The molecule has 5 heteroatoms. The zero-order valence-corrected chi connectivity index (χ0v) is 8.29. The van der Waals surface area contributed by atoms with Gasteiger partial charge >= 0.3 is 5.97 Å². The summed E-state index contributed by atoms with van der Waals surface area (Å²) in [5.74, 6) is -1.37. The molecule has 0 saturated heterocycles. The van der Waals surface area contributed by atoms with Crippen LogP contribution in [0.3, 0.4) is 0 Å². The van der Waals surface area contributed by atoms with Crippen LogP contribution in [0, 0.1) is 5.82 Å². The highest BCUT2D eigenvalue weighted by atomic mass is 32.1. The van der Waals surface area contributed by atoms with Crippen molar-refractivity contribution in [3.8, 4) is 10.6 Å². The number of hydrogen-bond acceptors (Lipinski definition) is 3. The van der Waals surface area contributed by atoms with E-state index in [4.69, 9.17) is 5.11 Å². The Kier molecular flexibility index (Phi) is 2.47. The Morgan fingerprint density at radius 2 is 2.13 bits per heavy atom. The van der Waals surface area contributed by atoms with Crippen molar-refractivity contribution >= 4 is 17.3 Å². The minimum atomic E-state index is -0.964. The van der Waals surface area contributed by atoms with Gasteiger partial charge < -0.3 is 5.11 Å². The maximum Gasteiger partial charge on any atom is 0.345 e. The summed E-state index contributed by atoms with van der Waals surface area (Å²) >= 11 is 1.12. The second-order valence-corrected chi connectivity index (χ2v) is 3.91. The zero-order valence-electron chi connectivity index (χ0n) is 7.48. The first-order valence-electron chi connectivity index (χ1n) is 4.12. The predicted octanol–water partition coefficient (Wildman–Crippen LogP) is 2.65. The van der Waals surface area contributed by atoms with E-state index in [0.717, 1.165) is 17.5 Å². The van der Waals surface area contributed by atoms with Gasteiger partial charge in [-0.05, 0) is 24.3 Å². The van der Waals surface area contributed by atoms with Crippen molar-refractivity contribution < 1.29 is 14.3 Å². The maximum atomic E-state index is 12.6. The molecule has 0 saturated carbocycles. The number of pyridine rings is 1. The van der Waals surface area contributed by atoms with Crippen molar-refractivity contribution in [2.24, 2.45) is 0 Å². The van der Waals surface area contributed by atoms with Gasteiger partial charge in [0.05, 0.1) is 16.8 Å². The van der Waals surface area contributed by atoms with E-state index in [0.29, 0.717) is 10.6 Å². The van der Waals surface area contributed by atoms with Gasteiger partial charge in [-0.2, -0.15) is 0 Å². The first kappa shape index (κ1) is 9.79. The van der Waals surface area contributed by atoms with Crippen LogP contribution in [0.2, 0.25) is 0 Å². The van der Waals surface area contributed by atoms with E-state index in [1.807, 2.05) is 0 Å². The fourth-order valence-corrected chi connectivity index (χ4v) is 1.93. The number of rotatable bonds is 2. The van der Waals surface area contributed by atoms with Crippen LogP contribution in [-0.2, 0) is 0 Å². The number of nitrogens with zero attached hydrogens (tertiary/aromatic N) is 1. The number of aromatic nitrogens is 1. The van der Waals surface area contributed by atoms with Crippen LogP contribution in [0.1, 0.15) is 9.67 Å². The molecule has 0 radical (unpaired) electrons. The summed E-state index contributed by atoms with van der Waals surface area (Å²) in [5.41, 5.74) is 0.578. The second-order valence-electron chi connectivity index (χ2n) is 2.83. The van der Waals surface area contributed by atoms with E-state index in [2.05, 4.69) is 4.98 Å². The molecule has 0 spiro atoms. The third-order valence-electron chi connectivity index (χ3n) is 1.80. The fourth-order valence-electron chi connectivity index (χ4n) is 1.11. The van der Waals surface area contributed by atoms with Crippen molar-refractivity contribution in [2.75, 3.05) is 0 Å². The lowest BCUT2D eigenvalue weighted by molar-refractivity contribution is 0.0702. The van der Waals surface area contributed by atoms with Crippen molar-refractivity contribution in [1.82, 2.24) is 4.98 Å². The van der Waals surface area contributed by atoms with Gasteiger partial charge in [-0.15, -0.1) is 11.3 Å². The van der Waals surface area contributed by atoms with Gasteiger partial charge in [0.1, 0.15) is 10.7 Å². The third kappa shape index (κ3) is 2.02. The molecule has 76 valence electrons. The second kappa shape index (κ2) is 3.78. The smallest absolute Gasteiger partial charge is 0.345 e. The first-order valence-corrected chi connectivity index (χ1v) is 4.93. The fraction of sp³-hybridized carbons (Fsp3) is 0. The number of hydrogen-bond donors (Lipinski definition) is 1. The zero-order chi connectivity index (χ0) is 10.8. The molecule has 2 aromatic rings. The first-order chi connectivity index (χ1) is 7.16. The Morgan fingerprint density at radius 1 is 1.33 bits per heavy atom.